The third kappa shape index (κ3) is 5.11. The van der Waals surface area contributed by atoms with Gasteiger partial charge in [0.15, 0.2) is 0 Å². The van der Waals surface area contributed by atoms with Gasteiger partial charge in [-0.2, -0.15) is 0 Å². The number of terminal acetylenes is 1. The maximum absolute atomic E-state index is 11.6. The summed E-state index contributed by atoms with van der Waals surface area (Å²) in [5.41, 5.74) is 1.94. The van der Waals surface area contributed by atoms with Crippen molar-refractivity contribution in [1.82, 2.24) is 15.1 Å². The number of nitrogens with zero attached hydrogens (tertiary/aromatic N) is 2. The van der Waals surface area contributed by atoms with E-state index >= 15 is 0 Å². The molecular formula is C19H22N4O2S. The van der Waals surface area contributed by atoms with Crippen LogP contribution in [0.4, 0.5) is 10.5 Å². The third-order valence-corrected chi connectivity index (χ3v) is 5.20. The highest BCUT2D eigenvalue weighted by Crippen LogP contribution is 2.25. The van der Waals surface area contributed by atoms with Crippen molar-refractivity contribution in [2.24, 2.45) is 0 Å². The molecule has 2 N–H and O–H groups in total. The molecule has 0 radical (unpaired) electrons. The molecule has 2 aliphatic heterocycles. The maximum Gasteiger partial charge on any atom is 0.290 e. The monoisotopic (exact) mass is 370 g/mol. The number of carbonyl (C=O) groups excluding carboxylic acids is 2. The number of hydrogen-bond donors (Lipinski definition) is 2. The molecule has 2 amide bonds. The van der Waals surface area contributed by atoms with Gasteiger partial charge in [-0.25, -0.2) is 0 Å². The summed E-state index contributed by atoms with van der Waals surface area (Å²) in [4.78, 5) is 27.9. The zero-order valence-electron chi connectivity index (χ0n) is 14.5. The number of benzene rings is 1. The topological polar surface area (TPSA) is 64.7 Å². The van der Waals surface area contributed by atoms with Crippen LogP contribution in [0.5, 0.6) is 0 Å². The fraction of sp³-hybridized carbons (Fsp3) is 0.368. The van der Waals surface area contributed by atoms with Gasteiger partial charge in [0.05, 0.1) is 11.4 Å². The molecule has 2 aliphatic rings. The number of hydrogen-bond acceptors (Lipinski definition) is 6. The summed E-state index contributed by atoms with van der Waals surface area (Å²) in [6, 6.07) is 7.84. The van der Waals surface area contributed by atoms with Gasteiger partial charge >= 0.3 is 0 Å². The summed E-state index contributed by atoms with van der Waals surface area (Å²) in [5, 5.41) is 5.35. The molecule has 1 aromatic rings. The van der Waals surface area contributed by atoms with Gasteiger partial charge in [-0.05, 0) is 35.5 Å². The first-order chi connectivity index (χ1) is 12.6. The van der Waals surface area contributed by atoms with Gasteiger partial charge < -0.3 is 5.32 Å². The second-order valence-electron chi connectivity index (χ2n) is 6.22. The summed E-state index contributed by atoms with van der Waals surface area (Å²) in [7, 11) is 0. The maximum atomic E-state index is 11.6. The average molecular weight is 370 g/mol. The molecule has 2 heterocycles. The third-order valence-electron chi connectivity index (χ3n) is 4.39. The molecule has 0 unspecified atom stereocenters. The van der Waals surface area contributed by atoms with E-state index < -0.39 is 0 Å². The highest BCUT2D eigenvalue weighted by molar-refractivity contribution is 8.18. The normalized spacial score (nSPS) is 20.2. The van der Waals surface area contributed by atoms with E-state index in [4.69, 9.17) is 6.42 Å². The van der Waals surface area contributed by atoms with E-state index in [1.165, 1.54) is 0 Å². The van der Waals surface area contributed by atoms with E-state index in [9.17, 15) is 9.59 Å². The van der Waals surface area contributed by atoms with Crippen LogP contribution in [-0.4, -0.2) is 66.8 Å². The van der Waals surface area contributed by atoms with Crippen molar-refractivity contribution < 1.29 is 9.59 Å². The number of imide groups is 1. The van der Waals surface area contributed by atoms with E-state index in [0.717, 1.165) is 68.8 Å². The Hall–Kier alpha value is -2.27. The van der Waals surface area contributed by atoms with Gasteiger partial charge in [0.1, 0.15) is 0 Å². The van der Waals surface area contributed by atoms with E-state index in [2.05, 4.69) is 26.4 Å². The van der Waals surface area contributed by atoms with Crippen molar-refractivity contribution >= 4 is 34.7 Å². The highest BCUT2D eigenvalue weighted by Gasteiger charge is 2.24. The molecule has 2 fully saturated rings. The summed E-state index contributed by atoms with van der Waals surface area (Å²) in [5.74, 6) is 2.37. The molecule has 26 heavy (non-hydrogen) atoms. The molecule has 0 bridgehead atoms. The average Bonchev–Trinajstić information content (AvgIpc) is 2.95. The lowest BCUT2D eigenvalue weighted by Crippen LogP contribution is -2.47. The Morgan fingerprint density at radius 2 is 1.85 bits per heavy atom. The predicted molar refractivity (Wildman–Crippen MR) is 106 cm³/mol. The van der Waals surface area contributed by atoms with E-state index in [1.807, 2.05) is 24.3 Å². The molecule has 0 saturated carbocycles. The van der Waals surface area contributed by atoms with Crippen LogP contribution in [0.1, 0.15) is 5.56 Å². The molecule has 3 rings (SSSR count). The Morgan fingerprint density at radius 3 is 2.46 bits per heavy atom. The van der Waals surface area contributed by atoms with Gasteiger partial charge in [0.2, 0.25) is 0 Å². The van der Waals surface area contributed by atoms with Crippen LogP contribution in [0.3, 0.4) is 0 Å². The molecule has 2 saturated heterocycles. The minimum absolute atomic E-state index is 0.320. The lowest BCUT2D eigenvalue weighted by atomic mass is 10.2. The zero-order valence-corrected chi connectivity index (χ0v) is 15.3. The highest BCUT2D eigenvalue weighted by atomic mass is 32.2. The van der Waals surface area contributed by atoms with E-state index in [0.29, 0.717) is 4.91 Å². The van der Waals surface area contributed by atoms with Crippen molar-refractivity contribution in [2.75, 3.05) is 51.1 Å². The smallest absolute Gasteiger partial charge is 0.290 e. The second kappa shape index (κ2) is 8.90. The minimum atomic E-state index is -0.329. The van der Waals surface area contributed by atoms with Crippen LogP contribution in [-0.2, 0) is 4.79 Å². The van der Waals surface area contributed by atoms with Crippen molar-refractivity contribution in [3.8, 4) is 12.3 Å². The molecule has 7 heteroatoms. The predicted octanol–water partition coefficient (Wildman–Crippen LogP) is 1.67. The Kier molecular flexibility index (Phi) is 6.34. The SMILES string of the molecule is C#CCN1CCN(CCNc2ccc(/C=C3/SC(=O)NC3=O)cc2)CC1. The standard InChI is InChI=1S/C19H22N4O2S/c1-2-8-22-10-12-23(13-11-22)9-7-20-16-5-3-15(4-6-16)14-17-18(24)21-19(25)26-17/h1,3-6,14,20H,7-13H2,(H,21,24,25)/b17-14+. The Balaban J connectivity index is 1.42. The van der Waals surface area contributed by atoms with Gasteiger partial charge in [0, 0.05) is 45.0 Å². The van der Waals surface area contributed by atoms with Gasteiger partial charge in [-0.15, -0.1) is 6.42 Å². The molecule has 0 aliphatic carbocycles. The van der Waals surface area contributed by atoms with Crippen LogP contribution in [0.2, 0.25) is 0 Å². The van der Waals surface area contributed by atoms with E-state index in [1.54, 1.807) is 6.08 Å². The van der Waals surface area contributed by atoms with Crippen LogP contribution >= 0.6 is 11.8 Å². The summed E-state index contributed by atoms with van der Waals surface area (Å²) >= 11 is 0.932. The first kappa shape index (κ1) is 18.5. The number of rotatable bonds is 6. The fourth-order valence-corrected chi connectivity index (χ4v) is 3.61. The van der Waals surface area contributed by atoms with Crippen molar-refractivity contribution in [2.45, 2.75) is 0 Å². The lowest BCUT2D eigenvalue weighted by Gasteiger charge is -2.33. The molecule has 0 aromatic heterocycles. The van der Waals surface area contributed by atoms with Crippen LogP contribution in [0.15, 0.2) is 29.2 Å². The van der Waals surface area contributed by atoms with Crippen LogP contribution in [0, 0.1) is 12.3 Å². The Labute approximate surface area is 158 Å². The van der Waals surface area contributed by atoms with Crippen molar-refractivity contribution in [3.05, 3.63) is 34.7 Å². The molecule has 1 aromatic carbocycles. The molecular weight excluding hydrogens is 348 g/mol. The van der Waals surface area contributed by atoms with E-state index in [-0.39, 0.29) is 11.1 Å². The number of thioether (sulfide) groups is 1. The first-order valence-electron chi connectivity index (χ1n) is 8.61. The summed E-state index contributed by atoms with van der Waals surface area (Å²) < 4.78 is 0. The fourth-order valence-electron chi connectivity index (χ4n) is 2.93. The quantitative estimate of drug-likeness (QED) is 0.587. The second-order valence-corrected chi connectivity index (χ2v) is 7.24. The van der Waals surface area contributed by atoms with Crippen molar-refractivity contribution in [3.63, 3.8) is 0 Å². The summed E-state index contributed by atoms with van der Waals surface area (Å²) in [6.07, 6.45) is 7.08. The number of nitrogens with one attached hydrogen (secondary N) is 2. The number of piperazine rings is 1. The van der Waals surface area contributed by atoms with Gasteiger partial charge in [-0.1, -0.05) is 18.1 Å². The number of amides is 2. The van der Waals surface area contributed by atoms with Crippen molar-refractivity contribution in [1.29, 1.82) is 0 Å². The molecule has 6 nitrogen and oxygen atoms in total. The Morgan fingerprint density at radius 1 is 1.15 bits per heavy atom. The minimum Gasteiger partial charge on any atom is -0.384 e. The number of anilines is 1. The Bertz CT molecular complexity index is 731. The lowest BCUT2D eigenvalue weighted by molar-refractivity contribution is -0.115. The molecule has 136 valence electrons. The molecule has 0 atom stereocenters. The van der Waals surface area contributed by atoms with Gasteiger partial charge in [-0.3, -0.25) is 24.7 Å². The molecule has 0 spiro atoms. The van der Waals surface area contributed by atoms with Crippen LogP contribution in [0.25, 0.3) is 6.08 Å². The number of carbonyl (C=O) groups is 2. The largest absolute Gasteiger partial charge is 0.384 e. The van der Waals surface area contributed by atoms with Crippen LogP contribution < -0.4 is 10.6 Å². The zero-order chi connectivity index (χ0) is 18.4. The van der Waals surface area contributed by atoms with Gasteiger partial charge in [0.25, 0.3) is 11.1 Å². The summed E-state index contributed by atoms with van der Waals surface area (Å²) in [6.45, 7) is 6.77. The first-order valence-corrected chi connectivity index (χ1v) is 9.42.